The van der Waals surface area contributed by atoms with Crippen molar-refractivity contribution in [2.24, 2.45) is 5.73 Å². The standard InChI is InChI=1S/C17H20FN5O3/c1-26-14-4-2-11(3-5-14)6-16(24)23-8-12(18)7-13(23)9-22-10-15(17(19)25)20-21-22/h2-5,10,12-13H,6-9H2,1H3,(H2,19,25)/t12-,13-/m0/s1. The highest BCUT2D eigenvalue weighted by Crippen LogP contribution is 2.23. The lowest BCUT2D eigenvalue weighted by atomic mass is 10.1. The van der Waals surface area contributed by atoms with E-state index in [9.17, 15) is 14.0 Å². The molecule has 8 nitrogen and oxygen atoms in total. The van der Waals surface area contributed by atoms with E-state index in [1.807, 2.05) is 12.1 Å². The van der Waals surface area contributed by atoms with Gasteiger partial charge in [-0.05, 0) is 17.7 Å². The van der Waals surface area contributed by atoms with Gasteiger partial charge in [-0.2, -0.15) is 0 Å². The van der Waals surface area contributed by atoms with Crippen LogP contribution in [0.2, 0.25) is 0 Å². The molecule has 1 aromatic carbocycles. The Morgan fingerprint density at radius 1 is 1.35 bits per heavy atom. The number of hydrogen-bond acceptors (Lipinski definition) is 5. The number of aromatic nitrogens is 3. The number of methoxy groups -OCH3 is 1. The second-order valence-corrected chi connectivity index (χ2v) is 6.25. The lowest BCUT2D eigenvalue weighted by molar-refractivity contribution is -0.131. The molecule has 2 amide bonds. The van der Waals surface area contributed by atoms with Crippen LogP contribution in [0.25, 0.3) is 0 Å². The Morgan fingerprint density at radius 3 is 2.69 bits per heavy atom. The van der Waals surface area contributed by atoms with E-state index in [2.05, 4.69) is 10.3 Å². The van der Waals surface area contributed by atoms with E-state index in [0.717, 1.165) is 5.56 Å². The van der Waals surface area contributed by atoms with Gasteiger partial charge in [0, 0.05) is 6.42 Å². The number of primary amides is 1. The molecule has 0 radical (unpaired) electrons. The number of amides is 2. The zero-order chi connectivity index (χ0) is 18.7. The summed E-state index contributed by atoms with van der Waals surface area (Å²) in [6.07, 6.45) is 0.719. The lowest BCUT2D eigenvalue weighted by Gasteiger charge is -2.24. The van der Waals surface area contributed by atoms with Crippen molar-refractivity contribution in [3.63, 3.8) is 0 Å². The monoisotopic (exact) mass is 361 g/mol. The molecule has 138 valence electrons. The molecule has 3 rings (SSSR count). The Labute approximate surface area is 149 Å². The summed E-state index contributed by atoms with van der Waals surface area (Å²) in [4.78, 5) is 25.3. The Balaban J connectivity index is 1.67. The highest BCUT2D eigenvalue weighted by molar-refractivity contribution is 5.90. The number of hydrogen-bond donors (Lipinski definition) is 1. The summed E-state index contributed by atoms with van der Waals surface area (Å²) in [5, 5.41) is 7.47. The number of rotatable bonds is 6. The molecule has 0 unspecified atom stereocenters. The maximum absolute atomic E-state index is 13.9. The third kappa shape index (κ3) is 3.98. The van der Waals surface area contributed by atoms with Crippen LogP contribution in [0.1, 0.15) is 22.5 Å². The number of likely N-dealkylation sites (tertiary alicyclic amines) is 1. The fourth-order valence-corrected chi connectivity index (χ4v) is 3.07. The van der Waals surface area contributed by atoms with Crippen molar-refractivity contribution in [2.75, 3.05) is 13.7 Å². The van der Waals surface area contributed by atoms with Crippen LogP contribution in [0.4, 0.5) is 4.39 Å². The minimum Gasteiger partial charge on any atom is -0.497 e. The highest BCUT2D eigenvalue weighted by Gasteiger charge is 2.35. The highest BCUT2D eigenvalue weighted by atomic mass is 19.1. The van der Waals surface area contributed by atoms with Gasteiger partial charge in [0.15, 0.2) is 5.69 Å². The molecule has 9 heteroatoms. The largest absolute Gasteiger partial charge is 0.497 e. The van der Waals surface area contributed by atoms with E-state index < -0.39 is 12.1 Å². The van der Waals surface area contributed by atoms with Gasteiger partial charge in [-0.15, -0.1) is 5.10 Å². The van der Waals surface area contributed by atoms with Crippen LogP contribution in [0.3, 0.4) is 0 Å². The Kier molecular flexibility index (Phi) is 5.15. The van der Waals surface area contributed by atoms with Gasteiger partial charge < -0.3 is 15.4 Å². The molecule has 2 aromatic rings. The topological polar surface area (TPSA) is 103 Å². The second-order valence-electron chi connectivity index (χ2n) is 6.25. The van der Waals surface area contributed by atoms with Gasteiger partial charge in [-0.1, -0.05) is 17.3 Å². The lowest BCUT2D eigenvalue weighted by Crippen LogP contribution is -2.39. The maximum atomic E-state index is 13.9. The molecular formula is C17H20FN5O3. The van der Waals surface area contributed by atoms with Crippen LogP contribution in [-0.4, -0.2) is 57.6 Å². The van der Waals surface area contributed by atoms with Crippen molar-refractivity contribution in [3.05, 3.63) is 41.7 Å². The smallest absolute Gasteiger partial charge is 0.270 e. The van der Waals surface area contributed by atoms with Crippen LogP contribution in [-0.2, 0) is 17.8 Å². The maximum Gasteiger partial charge on any atom is 0.270 e. The normalized spacial score (nSPS) is 19.5. The van der Waals surface area contributed by atoms with E-state index in [4.69, 9.17) is 10.5 Å². The molecule has 1 aliphatic heterocycles. The van der Waals surface area contributed by atoms with Gasteiger partial charge in [0.1, 0.15) is 11.9 Å². The molecule has 1 aromatic heterocycles. The molecule has 26 heavy (non-hydrogen) atoms. The minimum atomic E-state index is -1.08. The van der Waals surface area contributed by atoms with Crippen molar-refractivity contribution in [1.29, 1.82) is 0 Å². The molecule has 2 heterocycles. The molecule has 0 saturated carbocycles. The summed E-state index contributed by atoms with van der Waals surface area (Å²) in [6, 6.07) is 6.83. The molecule has 2 atom stereocenters. The van der Waals surface area contributed by atoms with Crippen molar-refractivity contribution >= 4 is 11.8 Å². The Morgan fingerprint density at radius 2 is 2.08 bits per heavy atom. The number of carbonyl (C=O) groups is 2. The number of carbonyl (C=O) groups excluding carboxylic acids is 2. The van der Waals surface area contributed by atoms with Gasteiger partial charge in [-0.25, -0.2) is 9.07 Å². The third-order valence-electron chi connectivity index (χ3n) is 4.39. The molecule has 2 N–H and O–H groups in total. The first-order chi connectivity index (χ1) is 12.5. The molecule has 1 aliphatic rings. The number of halogens is 1. The number of alkyl halides is 1. The zero-order valence-corrected chi connectivity index (χ0v) is 14.3. The summed E-state index contributed by atoms with van der Waals surface area (Å²) < 4.78 is 20.4. The van der Waals surface area contributed by atoms with Gasteiger partial charge in [-0.3, -0.25) is 9.59 Å². The molecule has 0 aliphatic carbocycles. The van der Waals surface area contributed by atoms with Crippen LogP contribution in [0, 0.1) is 0 Å². The molecule has 0 spiro atoms. The van der Waals surface area contributed by atoms with E-state index in [0.29, 0.717) is 5.75 Å². The fraction of sp³-hybridized carbons (Fsp3) is 0.412. The fourth-order valence-electron chi connectivity index (χ4n) is 3.07. The van der Waals surface area contributed by atoms with E-state index >= 15 is 0 Å². The average molecular weight is 361 g/mol. The van der Waals surface area contributed by atoms with Crippen molar-refractivity contribution in [2.45, 2.75) is 31.6 Å². The first-order valence-corrected chi connectivity index (χ1v) is 8.22. The quantitative estimate of drug-likeness (QED) is 0.810. The molecule has 0 bridgehead atoms. The van der Waals surface area contributed by atoms with E-state index in [-0.39, 0.29) is 43.6 Å². The van der Waals surface area contributed by atoms with E-state index in [1.54, 1.807) is 19.2 Å². The van der Waals surface area contributed by atoms with Crippen molar-refractivity contribution < 1.29 is 18.7 Å². The van der Waals surface area contributed by atoms with Gasteiger partial charge in [0.25, 0.3) is 5.91 Å². The SMILES string of the molecule is COc1ccc(CC(=O)N2C[C@@H](F)C[C@H]2Cn2cc(C(N)=O)nn2)cc1. The Bertz CT molecular complexity index is 792. The predicted octanol–water partition coefficient (Wildman–Crippen LogP) is 0.567. The number of nitrogens with two attached hydrogens (primary N) is 1. The summed E-state index contributed by atoms with van der Waals surface area (Å²) in [5.41, 5.74) is 6.02. The summed E-state index contributed by atoms with van der Waals surface area (Å²) in [5.74, 6) is -0.130. The van der Waals surface area contributed by atoms with Gasteiger partial charge in [0.05, 0.1) is 38.9 Å². The Hall–Kier alpha value is -2.97. The number of nitrogens with zero attached hydrogens (tertiary/aromatic N) is 4. The van der Waals surface area contributed by atoms with Crippen LogP contribution >= 0.6 is 0 Å². The predicted molar refractivity (Wildman–Crippen MR) is 90.3 cm³/mol. The van der Waals surface area contributed by atoms with Crippen molar-refractivity contribution in [3.8, 4) is 5.75 Å². The second kappa shape index (κ2) is 7.51. The van der Waals surface area contributed by atoms with Crippen LogP contribution in [0.15, 0.2) is 30.5 Å². The first-order valence-electron chi connectivity index (χ1n) is 8.22. The first kappa shape index (κ1) is 17.8. The molecule has 1 saturated heterocycles. The third-order valence-corrected chi connectivity index (χ3v) is 4.39. The summed E-state index contributed by atoms with van der Waals surface area (Å²) >= 11 is 0. The summed E-state index contributed by atoms with van der Waals surface area (Å²) in [6.45, 7) is 0.312. The van der Waals surface area contributed by atoms with Crippen LogP contribution in [0.5, 0.6) is 5.75 Å². The number of benzene rings is 1. The van der Waals surface area contributed by atoms with Crippen LogP contribution < -0.4 is 10.5 Å². The van der Waals surface area contributed by atoms with Gasteiger partial charge in [0.2, 0.25) is 5.91 Å². The minimum absolute atomic E-state index is 0.0379. The zero-order valence-electron chi connectivity index (χ0n) is 14.3. The molecular weight excluding hydrogens is 341 g/mol. The van der Waals surface area contributed by atoms with Gasteiger partial charge >= 0.3 is 0 Å². The number of ether oxygens (including phenoxy) is 1. The molecule has 1 fully saturated rings. The van der Waals surface area contributed by atoms with E-state index in [1.165, 1.54) is 15.8 Å². The average Bonchev–Trinajstić information content (AvgIpc) is 3.22. The summed E-state index contributed by atoms with van der Waals surface area (Å²) in [7, 11) is 1.57. The van der Waals surface area contributed by atoms with Crippen molar-refractivity contribution in [1.82, 2.24) is 19.9 Å².